The van der Waals surface area contributed by atoms with Crippen LogP contribution < -0.4 is 5.32 Å². The standard InChI is InChI=1S/C19H23FN2OS/c20-18-8-2-1-6-16(18)11-19(23)21-12-15-5-3-9-22(13-15)14-17-7-4-10-24-17/h1-2,4,6-8,10,15H,3,5,9,11-14H2,(H,21,23)/t15-/m0/s1. The van der Waals surface area contributed by atoms with Crippen LogP contribution in [0.2, 0.25) is 0 Å². The van der Waals surface area contributed by atoms with Crippen molar-refractivity contribution in [1.29, 1.82) is 0 Å². The number of nitrogens with one attached hydrogen (secondary N) is 1. The molecule has 1 fully saturated rings. The largest absolute Gasteiger partial charge is 0.355 e. The van der Waals surface area contributed by atoms with Gasteiger partial charge in [-0.15, -0.1) is 11.3 Å². The molecule has 1 amide bonds. The average molecular weight is 346 g/mol. The molecule has 24 heavy (non-hydrogen) atoms. The minimum Gasteiger partial charge on any atom is -0.355 e. The molecular weight excluding hydrogens is 323 g/mol. The zero-order valence-electron chi connectivity index (χ0n) is 13.7. The Balaban J connectivity index is 1.44. The maximum absolute atomic E-state index is 13.6. The number of carbonyl (C=O) groups is 1. The molecule has 2 aromatic rings. The fourth-order valence-electron chi connectivity index (χ4n) is 3.22. The lowest BCUT2D eigenvalue weighted by Crippen LogP contribution is -2.40. The summed E-state index contributed by atoms with van der Waals surface area (Å²) in [6.45, 7) is 3.81. The Bertz CT molecular complexity index is 659. The number of benzene rings is 1. The number of carbonyl (C=O) groups excluding carboxylic acids is 1. The van der Waals surface area contributed by atoms with E-state index in [0.29, 0.717) is 18.0 Å². The van der Waals surface area contributed by atoms with E-state index >= 15 is 0 Å². The first kappa shape index (κ1) is 17.1. The third kappa shape index (κ3) is 4.89. The molecule has 1 aliphatic rings. The van der Waals surface area contributed by atoms with E-state index in [1.807, 2.05) is 0 Å². The summed E-state index contributed by atoms with van der Waals surface area (Å²) in [6, 6.07) is 10.7. The molecule has 2 heterocycles. The van der Waals surface area contributed by atoms with Crippen molar-refractivity contribution in [3.63, 3.8) is 0 Å². The number of hydrogen-bond acceptors (Lipinski definition) is 3. The van der Waals surface area contributed by atoms with E-state index in [1.54, 1.807) is 29.5 Å². The zero-order valence-corrected chi connectivity index (χ0v) is 14.5. The van der Waals surface area contributed by atoms with Crippen LogP contribution in [0.1, 0.15) is 23.3 Å². The second-order valence-corrected chi connectivity index (χ2v) is 7.43. The summed E-state index contributed by atoms with van der Waals surface area (Å²) in [4.78, 5) is 15.9. The third-order valence-electron chi connectivity index (χ3n) is 4.46. The molecule has 3 nitrogen and oxygen atoms in total. The highest BCUT2D eigenvalue weighted by Crippen LogP contribution is 2.20. The molecule has 0 radical (unpaired) electrons. The molecule has 0 unspecified atom stereocenters. The molecule has 0 bridgehead atoms. The molecular formula is C19H23FN2OS. The van der Waals surface area contributed by atoms with Crippen LogP contribution in [0.4, 0.5) is 4.39 Å². The van der Waals surface area contributed by atoms with Gasteiger partial charge in [0, 0.05) is 24.5 Å². The predicted octanol–water partition coefficient (Wildman–Crippen LogP) is 3.46. The van der Waals surface area contributed by atoms with Crippen molar-refractivity contribution in [2.24, 2.45) is 5.92 Å². The molecule has 1 aromatic carbocycles. The van der Waals surface area contributed by atoms with Gasteiger partial charge in [-0.3, -0.25) is 9.69 Å². The van der Waals surface area contributed by atoms with Crippen LogP contribution in [-0.2, 0) is 17.8 Å². The van der Waals surface area contributed by atoms with Gasteiger partial charge in [-0.2, -0.15) is 0 Å². The Labute approximate surface area is 146 Å². The molecule has 3 rings (SSSR count). The molecule has 0 spiro atoms. The number of piperidine rings is 1. The van der Waals surface area contributed by atoms with Crippen molar-refractivity contribution >= 4 is 17.2 Å². The summed E-state index contributed by atoms with van der Waals surface area (Å²) < 4.78 is 13.6. The third-order valence-corrected chi connectivity index (χ3v) is 5.32. The van der Waals surface area contributed by atoms with Gasteiger partial charge in [-0.05, 0) is 48.4 Å². The van der Waals surface area contributed by atoms with Gasteiger partial charge in [0.05, 0.1) is 6.42 Å². The van der Waals surface area contributed by atoms with Crippen molar-refractivity contribution in [3.8, 4) is 0 Å². The van der Waals surface area contributed by atoms with E-state index in [2.05, 4.69) is 27.7 Å². The minimum atomic E-state index is -0.313. The van der Waals surface area contributed by atoms with E-state index in [1.165, 1.54) is 17.4 Å². The van der Waals surface area contributed by atoms with Gasteiger partial charge in [-0.1, -0.05) is 24.3 Å². The van der Waals surface area contributed by atoms with Gasteiger partial charge in [0.1, 0.15) is 5.82 Å². The number of thiophene rings is 1. The van der Waals surface area contributed by atoms with Gasteiger partial charge in [-0.25, -0.2) is 4.39 Å². The molecule has 1 N–H and O–H groups in total. The molecule has 0 saturated carbocycles. The smallest absolute Gasteiger partial charge is 0.224 e. The minimum absolute atomic E-state index is 0.101. The van der Waals surface area contributed by atoms with Crippen LogP contribution in [0.15, 0.2) is 41.8 Å². The molecule has 1 atom stereocenters. The highest BCUT2D eigenvalue weighted by molar-refractivity contribution is 7.09. The van der Waals surface area contributed by atoms with Crippen LogP contribution in [0.3, 0.4) is 0 Å². The lowest BCUT2D eigenvalue weighted by atomic mass is 9.98. The van der Waals surface area contributed by atoms with Crippen LogP contribution >= 0.6 is 11.3 Å². The Hall–Kier alpha value is -1.72. The first-order valence-electron chi connectivity index (χ1n) is 8.45. The van der Waals surface area contributed by atoms with Crippen LogP contribution in [-0.4, -0.2) is 30.4 Å². The van der Waals surface area contributed by atoms with Crippen molar-refractivity contribution in [2.75, 3.05) is 19.6 Å². The van der Waals surface area contributed by atoms with Crippen LogP contribution in [0, 0.1) is 11.7 Å². The average Bonchev–Trinajstić information content (AvgIpc) is 3.08. The normalized spacial score (nSPS) is 18.5. The highest BCUT2D eigenvalue weighted by Gasteiger charge is 2.20. The van der Waals surface area contributed by atoms with Gasteiger partial charge < -0.3 is 5.32 Å². The fraction of sp³-hybridized carbons (Fsp3) is 0.421. The second-order valence-electron chi connectivity index (χ2n) is 6.39. The Morgan fingerprint density at radius 3 is 2.96 bits per heavy atom. The zero-order chi connectivity index (χ0) is 16.8. The van der Waals surface area contributed by atoms with Gasteiger partial charge in [0.2, 0.25) is 5.91 Å². The maximum atomic E-state index is 13.6. The van der Waals surface area contributed by atoms with Crippen molar-refractivity contribution in [3.05, 3.63) is 58.0 Å². The molecule has 1 saturated heterocycles. The van der Waals surface area contributed by atoms with Crippen molar-refractivity contribution in [1.82, 2.24) is 10.2 Å². The molecule has 1 aromatic heterocycles. The molecule has 0 aliphatic carbocycles. The van der Waals surface area contributed by atoms with E-state index < -0.39 is 0 Å². The van der Waals surface area contributed by atoms with E-state index in [0.717, 1.165) is 26.1 Å². The number of hydrogen-bond donors (Lipinski definition) is 1. The maximum Gasteiger partial charge on any atom is 0.224 e. The number of likely N-dealkylation sites (tertiary alicyclic amines) is 1. The van der Waals surface area contributed by atoms with Crippen LogP contribution in [0.25, 0.3) is 0 Å². The van der Waals surface area contributed by atoms with Crippen molar-refractivity contribution in [2.45, 2.75) is 25.8 Å². The summed E-state index contributed by atoms with van der Waals surface area (Å²) >= 11 is 1.79. The number of nitrogens with zero attached hydrogens (tertiary/aromatic N) is 1. The first-order chi connectivity index (χ1) is 11.7. The lowest BCUT2D eigenvalue weighted by molar-refractivity contribution is -0.120. The van der Waals surface area contributed by atoms with Gasteiger partial charge >= 0.3 is 0 Å². The second kappa shape index (κ2) is 8.40. The summed E-state index contributed by atoms with van der Waals surface area (Å²) in [5, 5.41) is 5.09. The SMILES string of the molecule is O=C(Cc1ccccc1F)NC[C@@H]1CCCN(Cc2cccs2)C1. The van der Waals surface area contributed by atoms with E-state index in [9.17, 15) is 9.18 Å². The van der Waals surface area contributed by atoms with Crippen molar-refractivity contribution < 1.29 is 9.18 Å². The molecule has 1 aliphatic heterocycles. The molecule has 5 heteroatoms. The van der Waals surface area contributed by atoms with Crippen LogP contribution in [0.5, 0.6) is 0 Å². The Morgan fingerprint density at radius 1 is 1.29 bits per heavy atom. The predicted molar refractivity (Wildman–Crippen MR) is 95.4 cm³/mol. The van der Waals surface area contributed by atoms with E-state index in [-0.39, 0.29) is 18.1 Å². The first-order valence-corrected chi connectivity index (χ1v) is 9.33. The van der Waals surface area contributed by atoms with Gasteiger partial charge in [0.15, 0.2) is 0 Å². The summed E-state index contributed by atoms with van der Waals surface area (Å²) in [6.07, 6.45) is 2.42. The molecule has 128 valence electrons. The fourth-order valence-corrected chi connectivity index (χ4v) is 3.97. The number of amides is 1. The Kier molecular flexibility index (Phi) is 5.99. The summed E-state index contributed by atoms with van der Waals surface area (Å²) in [7, 11) is 0. The quantitative estimate of drug-likeness (QED) is 0.869. The summed E-state index contributed by atoms with van der Waals surface area (Å²) in [5.41, 5.74) is 0.456. The van der Waals surface area contributed by atoms with Gasteiger partial charge in [0.25, 0.3) is 0 Å². The summed E-state index contributed by atoms with van der Waals surface area (Å²) in [5.74, 6) is 0.0613. The number of rotatable bonds is 6. The highest BCUT2D eigenvalue weighted by atomic mass is 32.1. The van der Waals surface area contributed by atoms with E-state index in [4.69, 9.17) is 0 Å². The Morgan fingerprint density at radius 2 is 2.17 bits per heavy atom. The topological polar surface area (TPSA) is 32.3 Å². The monoisotopic (exact) mass is 346 g/mol. The number of halogens is 1. The lowest BCUT2D eigenvalue weighted by Gasteiger charge is -2.32.